The van der Waals surface area contributed by atoms with Crippen molar-refractivity contribution >= 4 is 11.7 Å². The lowest BCUT2D eigenvalue weighted by molar-refractivity contribution is -0.144. The maximum atomic E-state index is 12.0. The van der Waals surface area contributed by atoms with E-state index in [4.69, 9.17) is 4.74 Å². The van der Waals surface area contributed by atoms with Crippen LogP contribution in [0.1, 0.15) is 53.0 Å². The minimum Gasteiger partial charge on any atom is -0.464 e. The molecule has 20 heavy (non-hydrogen) atoms. The van der Waals surface area contributed by atoms with Crippen LogP contribution in [0.2, 0.25) is 0 Å². The molecule has 1 atom stereocenters. The Morgan fingerprint density at radius 2 is 1.90 bits per heavy atom. The quantitative estimate of drug-likeness (QED) is 0.795. The van der Waals surface area contributed by atoms with E-state index in [0.717, 1.165) is 18.5 Å². The van der Waals surface area contributed by atoms with E-state index in [1.165, 1.54) is 5.56 Å². The summed E-state index contributed by atoms with van der Waals surface area (Å²) < 4.78 is 5.15. The van der Waals surface area contributed by atoms with Crippen LogP contribution in [0.4, 0.5) is 5.69 Å². The van der Waals surface area contributed by atoms with Gasteiger partial charge in [0, 0.05) is 5.69 Å². The van der Waals surface area contributed by atoms with Crippen molar-refractivity contribution < 1.29 is 9.53 Å². The molecule has 3 heteroatoms. The van der Waals surface area contributed by atoms with E-state index < -0.39 is 0 Å². The molecule has 1 rings (SSSR count). The first-order chi connectivity index (χ1) is 9.40. The Labute approximate surface area is 122 Å². The number of carbonyl (C=O) groups is 1. The molecule has 0 aromatic heterocycles. The summed E-state index contributed by atoms with van der Waals surface area (Å²) in [7, 11) is 0. The molecule has 1 N–H and O–H groups in total. The molecule has 0 fully saturated rings. The number of anilines is 1. The van der Waals surface area contributed by atoms with Crippen LogP contribution in [0, 0.1) is 0 Å². The van der Waals surface area contributed by atoms with E-state index in [2.05, 4.69) is 39.1 Å². The van der Waals surface area contributed by atoms with Crippen molar-refractivity contribution in [2.24, 2.45) is 0 Å². The van der Waals surface area contributed by atoms with Gasteiger partial charge in [0.1, 0.15) is 6.04 Å². The van der Waals surface area contributed by atoms with Crippen LogP contribution in [-0.2, 0) is 14.9 Å². The van der Waals surface area contributed by atoms with E-state index in [9.17, 15) is 4.79 Å². The fraction of sp³-hybridized carbons (Fsp3) is 0.588. The minimum atomic E-state index is -0.275. The smallest absolute Gasteiger partial charge is 0.328 e. The van der Waals surface area contributed by atoms with E-state index in [1.807, 2.05) is 25.1 Å². The average molecular weight is 277 g/mol. The molecule has 0 spiro atoms. The Kier molecular flexibility index (Phi) is 6.05. The second-order valence-electron chi connectivity index (χ2n) is 6.03. The highest BCUT2D eigenvalue weighted by atomic mass is 16.5. The maximum Gasteiger partial charge on any atom is 0.328 e. The van der Waals surface area contributed by atoms with E-state index in [0.29, 0.717) is 6.61 Å². The topological polar surface area (TPSA) is 38.3 Å². The number of esters is 1. The molecule has 0 saturated carbocycles. The molecule has 1 aromatic rings. The lowest BCUT2D eigenvalue weighted by atomic mass is 9.85. The summed E-state index contributed by atoms with van der Waals surface area (Å²) in [5.74, 6) is -0.168. The third-order valence-corrected chi connectivity index (χ3v) is 3.21. The zero-order valence-electron chi connectivity index (χ0n) is 13.3. The molecule has 0 aliphatic carbocycles. The SMILES string of the molecule is CCCC(Nc1ccccc1C(C)(C)C)C(=O)OCC. The number of hydrogen-bond donors (Lipinski definition) is 1. The standard InChI is InChI=1S/C17H27NO2/c1-6-10-15(16(19)20-7-2)18-14-12-9-8-11-13(14)17(3,4)5/h8-9,11-12,15,18H,6-7,10H2,1-5H3. The van der Waals surface area contributed by atoms with Crippen LogP contribution in [0.15, 0.2) is 24.3 Å². The monoisotopic (exact) mass is 277 g/mol. The Hall–Kier alpha value is -1.51. The van der Waals surface area contributed by atoms with Gasteiger partial charge in [0.25, 0.3) is 0 Å². The van der Waals surface area contributed by atoms with Gasteiger partial charge in [-0.3, -0.25) is 0 Å². The summed E-state index contributed by atoms with van der Waals surface area (Å²) in [6.45, 7) is 10.8. The highest BCUT2D eigenvalue weighted by Gasteiger charge is 2.23. The second kappa shape index (κ2) is 7.32. The summed E-state index contributed by atoms with van der Waals surface area (Å²) in [5, 5.41) is 3.37. The lowest BCUT2D eigenvalue weighted by Gasteiger charge is -2.26. The number of nitrogens with one attached hydrogen (secondary N) is 1. The van der Waals surface area contributed by atoms with Gasteiger partial charge in [-0.1, -0.05) is 52.3 Å². The first-order valence-electron chi connectivity index (χ1n) is 7.42. The first-order valence-corrected chi connectivity index (χ1v) is 7.42. The zero-order chi connectivity index (χ0) is 15.2. The molecule has 0 aliphatic heterocycles. The van der Waals surface area contributed by atoms with Crippen molar-refractivity contribution in [1.82, 2.24) is 0 Å². The first kappa shape index (κ1) is 16.5. The number of benzene rings is 1. The Morgan fingerprint density at radius 1 is 1.25 bits per heavy atom. The van der Waals surface area contributed by atoms with Crippen molar-refractivity contribution in [2.75, 3.05) is 11.9 Å². The van der Waals surface area contributed by atoms with Gasteiger partial charge in [0.15, 0.2) is 0 Å². The van der Waals surface area contributed by atoms with Crippen molar-refractivity contribution in [3.8, 4) is 0 Å². The van der Waals surface area contributed by atoms with E-state index >= 15 is 0 Å². The Bertz CT molecular complexity index is 435. The molecular weight excluding hydrogens is 250 g/mol. The molecule has 1 aromatic carbocycles. The van der Waals surface area contributed by atoms with Crippen molar-refractivity contribution in [3.63, 3.8) is 0 Å². The molecule has 0 radical (unpaired) electrons. The van der Waals surface area contributed by atoms with Gasteiger partial charge < -0.3 is 10.1 Å². The van der Waals surface area contributed by atoms with Crippen LogP contribution in [0.5, 0.6) is 0 Å². The van der Waals surface area contributed by atoms with Crippen LogP contribution >= 0.6 is 0 Å². The third kappa shape index (κ3) is 4.55. The Balaban J connectivity index is 2.97. The Morgan fingerprint density at radius 3 is 2.45 bits per heavy atom. The minimum absolute atomic E-state index is 0.0367. The molecular formula is C17H27NO2. The summed E-state index contributed by atoms with van der Waals surface area (Å²) in [4.78, 5) is 12.0. The second-order valence-corrected chi connectivity index (χ2v) is 6.03. The predicted octanol–water partition coefficient (Wildman–Crippen LogP) is 4.13. The molecule has 3 nitrogen and oxygen atoms in total. The maximum absolute atomic E-state index is 12.0. The van der Waals surface area contributed by atoms with E-state index in [-0.39, 0.29) is 17.4 Å². The van der Waals surface area contributed by atoms with Gasteiger partial charge in [-0.15, -0.1) is 0 Å². The van der Waals surface area contributed by atoms with Gasteiger partial charge in [-0.2, -0.15) is 0 Å². The van der Waals surface area contributed by atoms with Crippen molar-refractivity contribution in [3.05, 3.63) is 29.8 Å². The fourth-order valence-corrected chi connectivity index (χ4v) is 2.23. The molecule has 0 amide bonds. The van der Waals surface area contributed by atoms with Crippen LogP contribution in [-0.4, -0.2) is 18.6 Å². The molecule has 112 valence electrons. The van der Waals surface area contributed by atoms with Crippen molar-refractivity contribution in [1.29, 1.82) is 0 Å². The van der Waals surface area contributed by atoms with Crippen LogP contribution in [0.3, 0.4) is 0 Å². The molecule has 0 aliphatic rings. The van der Waals surface area contributed by atoms with Gasteiger partial charge in [-0.25, -0.2) is 4.79 Å². The fourth-order valence-electron chi connectivity index (χ4n) is 2.23. The van der Waals surface area contributed by atoms with Gasteiger partial charge in [0.05, 0.1) is 6.61 Å². The van der Waals surface area contributed by atoms with Gasteiger partial charge in [0.2, 0.25) is 0 Å². The van der Waals surface area contributed by atoms with Gasteiger partial charge in [-0.05, 0) is 30.4 Å². The molecule has 0 heterocycles. The van der Waals surface area contributed by atoms with Crippen molar-refractivity contribution in [2.45, 2.75) is 58.9 Å². The molecule has 1 unspecified atom stereocenters. The van der Waals surface area contributed by atoms with E-state index in [1.54, 1.807) is 0 Å². The number of hydrogen-bond acceptors (Lipinski definition) is 3. The summed E-state index contributed by atoms with van der Waals surface area (Å²) >= 11 is 0. The van der Waals surface area contributed by atoms with Gasteiger partial charge >= 0.3 is 5.97 Å². The highest BCUT2D eigenvalue weighted by Crippen LogP contribution is 2.30. The predicted molar refractivity (Wildman–Crippen MR) is 84.1 cm³/mol. The average Bonchev–Trinajstić information content (AvgIpc) is 2.38. The zero-order valence-corrected chi connectivity index (χ0v) is 13.3. The molecule has 0 saturated heterocycles. The molecule has 0 bridgehead atoms. The largest absolute Gasteiger partial charge is 0.464 e. The summed E-state index contributed by atoms with van der Waals surface area (Å²) in [6.07, 6.45) is 1.71. The third-order valence-electron chi connectivity index (χ3n) is 3.21. The number of para-hydroxylation sites is 1. The summed E-state index contributed by atoms with van der Waals surface area (Å²) in [5.41, 5.74) is 2.27. The number of carbonyl (C=O) groups excluding carboxylic acids is 1. The normalized spacial score (nSPS) is 12.8. The highest BCUT2D eigenvalue weighted by molar-refractivity contribution is 5.79. The number of rotatable bonds is 6. The van der Waals surface area contributed by atoms with Crippen LogP contribution < -0.4 is 5.32 Å². The summed E-state index contributed by atoms with van der Waals surface area (Å²) in [6, 6.07) is 7.89. The number of ether oxygens (including phenoxy) is 1. The van der Waals surface area contributed by atoms with Crippen LogP contribution in [0.25, 0.3) is 0 Å². The lowest BCUT2D eigenvalue weighted by Crippen LogP contribution is -2.32.